The molecule has 5 rings (SSSR count). The molecule has 7 nitrogen and oxygen atoms in total. The summed E-state index contributed by atoms with van der Waals surface area (Å²) in [5.41, 5.74) is 3.37. The molecule has 2 aromatic heterocycles. The van der Waals surface area contributed by atoms with Crippen molar-refractivity contribution in [1.29, 1.82) is 0 Å². The summed E-state index contributed by atoms with van der Waals surface area (Å²) >= 11 is 12.6. The van der Waals surface area contributed by atoms with Crippen LogP contribution in [0.1, 0.15) is 50.4 Å². The summed E-state index contributed by atoms with van der Waals surface area (Å²) in [5.74, 6) is 1.37. The smallest absolute Gasteiger partial charge is 0.179 e. The minimum atomic E-state index is -0.110. The highest BCUT2D eigenvalue weighted by Crippen LogP contribution is 2.33. The number of likely N-dealkylation sites (tertiary alicyclic amines) is 1. The molecule has 0 radical (unpaired) electrons. The maximum atomic E-state index is 9.78. The second-order valence-electron chi connectivity index (χ2n) is 9.77. The number of anilines is 1. The van der Waals surface area contributed by atoms with Crippen LogP contribution in [0.25, 0.3) is 11.2 Å². The number of piperidine rings is 1. The Labute approximate surface area is 210 Å². The predicted molar refractivity (Wildman–Crippen MR) is 137 cm³/mol. The largest absolute Gasteiger partial charge is 0.395 e. The van der Waals surface area contributed by atoms with Crippen LogP contribution in [-0.2, 0) is 0 Å². The fourth-order valence-corrected chi connectivity index (χ4v) is 6.33. The van der Waals surface area contributed by atoms with Crippen molar-refractivity contribution in [2.24, 2.45) is 5.92 Å². The van der Waals surface area contributed by atoms with Gasteiger partial charge in [0.15, 0.2) is 5.65 Å². The molecule has 2 saturated heterocycles. The Morgan fingerprint density at radius 2 is 2.03 bits per heavy atom. The van der Waals surface area contributed by atoms with Gasteiger partial charge in [0.05, 0.1) is 24.5 Å². The van der Waals surface area contributed by atoms with Gasteiger partial charge in [-0.3, -0.25) is 4.90 Å². The van der Waals surface area contributed by atoms with Crippen LogP contribution in [0, 0.1) is 12.8 Å². The van der Waals surface area contributed by atoms with Gasteiger partial charge in [-0.05, 0) is 63.3 Å². The SMILES string of the molecule is Cc1nn([C@H](C)c2ccc(Cl)cc2Cl)c2nc(N3CCC(N4CCCC4CO)[C@H](C)C3)cnc12. The van der Waals surface area contributed by atoms with Crippen LogP contribution in [-0.4, -0.2) is 68.1 Å². The van der Waals surface area contributed by atoms with E-state index in [1.807, 2.05) is 29.9 Å². The van der Waals surface area contributed by atoms with E-state index in [-0.39, 0.29) is 12.6 Å². The molecule has 0 aliphatic carbocycles. The van der Waals surface area contributed by atoms with Crippen molar-refractivity contribution in [1.82, 2.24) is 24.6 Å². The fraction of sp³-hybridized carbons (Fsp3) is 0.560. The Balaban J connectivity index is 1.41. The first-order valence-corrected chi connectivity index (χ1v) is 12.9. The molecule has 0 bridgehead atoms. The van der Waals surface area contributed by atoms with Crippen molar-refractivity contribution < 1.29 is 5.11 Å². The van der Waals surface area contributed by atoms with Crippen molar-refractivity contribution in [3.8, 4) is 0 Å². The third kappa shape index (κ3) is 4.28. The Bertz CT molecular complexity index is 1180. The Morgan fingerprint density at radius 1 is 1.21 bits per heavy atom. The summed E-state index contributed by atoms with van der Waals surface area (Å²) in [5, 5.41) is 15.8. The Kier molecular flexibility index (Phi) is 6.73. The number of nitrogens with zero attached hydrogens (tertiary/aromatic N) is 6. The van der Waals surface area contributed by atoms with E-state index in [0.717, 1.165) is 60.7 Å². The standard InChI is InChI=1S/C25H32Cl2N6O/c1-15-13-31(10-8-22(15)32-9-4-5-19(32)14-34)23-12-28-24-16(2)30-33(25(24)29-23)17(3)20-7-6-18(26)11-21(20)27/h6-7,11-12,15,17,19,22,34H,4-5,8-10,13-14H2,1-3H3/t15-,17-,19?,22?/m1/s1. The molecule has 2 aliphatic rings. The van der Waals surface area contributed by atoms with Gasteiger partial charge >= 0.3 is 0 Å². The van der Waals surface area contributed by atoms with E-state index in [9.17, 15) is 5.11 Å². The van der Waals surface area contributed by atoms with E-state index in [1.165, 1.54) is 6.42 Å². The summed E-state index contributed by atoms with van der Waals surface area (Å²) in [7, 11) is 0. The summed E-state index contributed by atoms with van der Waals surface area (Å²) in [6.07, 6.45) is 5.22. The van der Waals surface area contributed by atoms with Gasteiger partial charge < -0.3 is 10.0 Å². The van der Waals surface area contributed by atoms with Gasteiger partial charge in [-0.25, -0.2) is 14.6 Å². The summed E-state index contributed by atoms with van der Waals surface area (Å²) in [4.78, 5) is 14.7. The molecule has 9 heteroatoms. The van der Waals surface area contributed by atoms with Crippen molar-refractivity contribution in [2.45, 2.75) is 58.2 Å². The zero-order valence-electron chi connectivity index (χ0n) is 20.0. The molecule has 3 aromatic rings. The lowest BCUT2D eigenvalue weighted by molar-refractivity contribution is 0.0800. The average Bonchev–Trinajstić information content (AvgIpc) is 3.42. The van der Waals surface area contributed by atoms with E-state index >= 15 is 0 Å². The first-order chi connectivity index (χ1) is 16.4. The minimum Gasteiger partial charge on any atom is -0.395 e. The number of fused-ring (bicyclic) bond motifs is 1. The monoisotopic (exact) mass is 502 g/mol. The first kappa shape index (κ1) is 23.8. The maximum Gasteiger partial charge on any atom is 0.179 e. The molecule has 4 atom stereocenters. The molecule has 4 heterocycles. The van der Waals surface area contributed by atoms with Crippen LogP contribution in [0.15, 0.2) is 24.4 Å². The molecule has 1 aromatic carbocycles. The van der Waals surface area contributed by atoms with E-state index in [0.29, 0.717) is 28.0 Å². The molecular weight excluding hydrogens is 471 g/mol. The third-order valence-corrected chi connectivity index (χ3v) is 8.14. The van der Waals surface area contributed by atoms with Crippen molar-refractivity contribution in [2.75, 3.05) is 31.1 Å². The predicted octanol–water partition coefficient (Wildman–Crippen LogP) is 4.72. The molecule has 0 amide bonds. The highest BCUT2D eigenvalue weighted by molar-refractivity contribution is 6.35. The Hall–Kier alpha value is -1.93. The van der Waals surface area contributed by atoms with Crippen LogP contribution in [0.3, 0.4) is 0 Å². The lowest BCUT2D eigenvalue weighted by Gasteiger charge is -2.43. The van der Waals surface area contributed by atoms with Crippen LogP contribution in [0.5, 0.6) is 0 Å². The number of hydrogen-bond acceptors (Lipinski definition) is 6. The van der Waals surface area contributed by atoms with Crippen LogP contribution < -0.4 is 4.90 Å². The van der Waals surface area contributed by atoms with E-state index < -0.39 is 0 Å². The average molecular weight is 503 g/mol. The van der Waals surface area contributed by atoms with Gasteiger partial charge in [-0.2, -0.15) is 5.10 Å². The Morgan fingerprint density at radius 3 is 2.76 bits per heavy atom. The maximum absolute atomic E-state index is 9.78. The molecule has 34 heavy (non-hydrogen) atoms. The summed E-state index contributed by atoms with van der Waals surface area (Å²) in [6.45, 7) is 9.54. The number of aliphatic hydroxyl groups excluding tert-OH is 1. The summed E-state index contributed by atoms with van der Waals surface area (Å²) < 4.78 is 1.92. The number of aromatic nitrogens is 4. The topological polar surface area (TPSA) is 70.3 Å². The molecule has 2 unspecified atom stereocenters. The van der Waals surface area contributed by atoms with Gasteiger partial charge in [0, 0.05) is 35.2 Å². The highest BCUT2D eigenvalue weighted by Gasteiger charge is 2.36. The number of rotatable bonds is 5. The lowest BCUT2D eigenvalue weighted by Crippen LogP contribution is -2.52. The normalized spacial score (nSPS) is 24.8. The van der Waals surface area contributed by atoms with E-state index in [4.69, 9.17) is 38.3 Å². The highest BCUT2D eigenvalue weighted by atomic mass is 35.5. The van der Waals surface area contributed by atoms with Crippen LogP contribution in [0.4, 0.5) is 5.82 Å². The first-order valence-electron chi connectivity index (χ1n) is 12.2. The van der Waals surface area contributed by atoms with Crippen molar-refractivity contribution >= 4 is 40.2 Å². The van der Waals surface area contributed by atoms with Gasteiger partial charge in [0.1, 0.15) is 11.3 Å². The zero-order chi connectivity index (χ0) is 24.0. The third-order valence-electron chi connectivity index (χ3n) is 7.58. The second kappa shape index (κ2) is 9.61. The van der Waals surface area contributed by atoms with Crippen molar-refractivity contribution in [3.05, 3.63) is 45.7 Å². The fourth-order valence-electron chi connectivity index (χ4n) is 5.76. The lowest BCUT2D eigenvalue weighted by atomic mass is 9.92. The van der Waals surface area contributed by atoms with Crippen LogP contribution >= 0.6 is 23.2 Å². The number of aliphatic hydroxyl groups is 1. The number of halogens is 2. The quantitative estimate of drug-likeness (QED) is 0.544. The number of aryl methyl sites for hydroxylation is 1. The van der Waals surface area contributed by atoms with Crippen molar-refractivity contribution in [3.63, 3.8) is 0 Å². The summed E-state index contributed by atoms with van der Waals surface area (Å²) in [6, 6.07) is 6.27. The van der Waals surface area contributed by atoms with Gasteiger partial charge in [0.25, 0.3) is 0 Å². The molecule has 2 aliphatic heterocycles. The molecular formula is C25H32Cl2N6O. The number of hydrogen-bond donors (Lipinski definition) is 1. The molecule has 0 spiro atoms. The van der Waals surface area contributed by atoms with E-state index in [1.54, 1.807) is 6.07 Å². The number of benzene rings is 1. The minimum absolute atomic E-state index is 0.110. The van der Waals surface area contributed by atoms with E-state index in [2.05, 4.69) is 23.6 Å². The van der Waals surface area contributed by atoms with Gasteiger partial charge in [-0.1, -0.05) is 36.2 Å². The van der Waals surface area contributed by atoms with Crippen LogP contribution in [0.2, 0.25) is 10.0 Å². The molecule has 2 fully saturated rings. The molecule has 1 N–H and O–H groups in total. The molecule has 0 saturated carbocycles. The van der Waals surface area contributed by atoms with Gasteiger partial charge in [0.2, 0.25) is 0 Å². The second-order valence-corrected chi connectivity index (χ2v) is 10.6. The molecule has 182 valence electrons. The zero-order valence-corrected chi connectivity index (χ0v) is 21.5. The van der Waals surface area contributed by atoms with Gasteiger partial charge in [-0.15, -0.1) is 0 Å².